The Hall–Kier alpha value is -2.82. The smallest absolute Gasteiger partial charge is 0.242 e. The van der Waals surface area contributed by atoms with Crippen LogP contribution in [0.1, 0.15) is 44.7 Å². The van der Waals surface area contributed by atoms with Gasteiger partial charge in [-0.15, -0.1) is 0 Å². The molecule has 0 aromatic heterocycles. The molecule has 0 heterocycles. The van der Waals surface area contributed by atoms with Crippen LogP contribution >= 0.6 is 0 Å². The quantitative estimate of drug-likeness (QED) is 0.561. The summed E-state index contributed by atoms with van der Waals surface area (Å²) in [4.78, 5) is 27.3. The van der Waals surface area contributed by atoms with E-state index in [1.807, 2.05) is 69.3 Å². The summed E-state index contributed by atoms with van der Waals surface area (Å²) in [7, 11) is 0. The van der Waals surface area contributed by atoms with E-state index >= 15 is 0 Å². The zero-order chi connectivity index (χ0) is 21.9. The molecular formula is C25H34N2O3. The first kappa shape index (κ1) is 23.5. The molecule has 0 aliphatic heterocycles. The largest absolute Gasteiger partial charge is 0.494 e. The number of ether oxygens (including phenoxy) is 1. The molecule has 5 heteroatoms. The Labute approximate surface area is 180 Å². The SMILES string of the molecule is Cc1cccc(CN(C(=O)CCCOc2ccccc2)C(C)C(=O)NCC(C)C)c1. The van der Waals surface area contributed by atoms with Crippen molar-refractivity contribution in [1.82, 2.24) is 10.2 Å². The highest BCUT2D eigenvalue weighted by Crippen LogP contribution is 2.14. The molecule has 1 unspecified atom stereocenters. The highest BCUT2D eigenvalue weighted by molar-refractivity contribution is 5.87. The minimum Gasteiger partial charge on any atom is -0.494 e. The minimum atomic E-state index is -0.535. The second kappa shape index (κ2) is 12.0. The van der Waals surface area contributed by atoms with Gasteiger partial charge in [0, 0.05) is 19.5 Å². The van der Waals surface area contributed by atoms with Gasteiger partial charge in [0.2, 0.25) is 11.8 Å². The molecular weight excluding hydrogens is 376 g/mol. The van der Waals surface area contributed by atoms with E-state index in [0.29, 0.717) is 38.5 Å². The number of para-hydroxylation sites is 1. The first-order valence-electron chi connectivity index (χ1n) is 10.7. The van der Waals surface area contributed by atoms with Crippen molar-refractivity contribution in [3.8, 4) is 5.75 Å². The maximum Gasteiger partial charge on any atom is 0.242 e. The van der Waals surface area contributed by atoms with Gasteiger partial charge in [-0.1, -0.05) is 61.9 Å². The predicted molar refractivity (Wildman–Crippen MR) is 120 cm³/mol. The lowest BCUT2D eigenvalue weighted by Gasteiger charge is -2.29. The van der Waals surface area contributed by atoms with Crippen LogP contribution in [0, 0.1) is 12.8 Å². The predicted octanol–water partition coefficient (Wildman–Crippen LogP) is 4.34. The van der Waals surface area contributed by atoms with Crippen molar-refractivity contribution in [2.75, 3.05) is 13.2 Å². The molecule has 1 atom stereocenters. The third-order valence-electron chi connectivity index (χ3n) is 4.83. The maximum atomic E-state index is 13.0. The summed E-state index contributed by atoms with van der Waals surface area (Å²) in [5, 5.41) is 2.95. The van der Waals surface area contributed by atoms with E-state index in [9.17, 15) is 9.59 Å². The number of carbonyl (C=O) groups excluding carboxylic acids is 2. The summed E-state index contributed by atoms with van der Waals surface area (Å²) >= 11 is 0. The highest BCUT2D eigenvalue weighted by Gasteiger charge is 2.25. The zero-order valence-corrected chi connectivity index (χ0v) is 18.6. The average molecular weight is 411 g/mol. The molecule has 2 rings (SSSR count). The lowest BCUT2D eigenvalue weighted by atomic mass is 10.1. The van der Waals surface area contributed by atoms with Crippen molar-refractivity contribution >= 4 is 11.8 Å². The van der Waals surface area contributed by atoms with Gasteiger partial charge in [-0.3, -0.25) is 9.59 Å². The molecule has 0 fully saturated rings. The van der Waals surface area contributed by atoms with Gasteiger partial charge in [-0.05, 0) is 43.9 Å². The third-order valence-corrected chi connectivity index (χ3v) is 4.83. The van der Waals surface area contributed by atoms with Gasteiger partial charge in [0.05, 0.1) is 6.61 Å². The molecule has 0 radical (unpaired) electrons. The van der Waals surface area contributed by atoms with E-state index in [0.717, 1.165) is 16.9 Å². The van der Waals surface area contributed by atoms with Crippen LogP contribution in [0.25, 0.3) is 0 Å². The molecule has 0 aliphatic rings. The fourth-order valence-electron chi connectivity index (χ4n) is 3.12. The van der Waals surface area contributed by atoms with Gasteiger partial charge in [0.25, 0.3) is 0 Å². The van der Waals surface area contributed by atoms with E-state index in [4.69, 9.17) is 4.74 Å². The van der Waals surface area contributed by atoms with Gasteiger partial charge in [-0.25, -0.2) is 0 Å². The number of nitrogens with one attached hydrogen (secondary N) is 1. The van der Waals surface area contributed by atoms with Crippen LogP contribution in [-0.4, -0.2) is 35.9 Å². The van der Waals surface area contributed by atoms with Gasteiger partial charge < -0.3 is 15.0 Å². The van der Waals surface area contributed by atoms with E-state index in [1.54, 1.807) is 11.8 Å². The molecule has 162 valence electrons. The van der Waals surface area contributed by atoms with Crippen LogP contribution in [0.15, 0.2) is 54.6 Å². The van der Waals surface area contributed by atoms with Crippen molar-refractivity contribution < 1.29 is 14.3 Å². The Bertz CT molecular complexity index is 805. The average Bonchev–Trinajstić information content (AvgIpc) is 2.73. The second-order valence-corrected chi connectivity index (χ2v) is 8.09. The Morgan fingerprint density at radius 2 is 1.77 bits per heavy atom. The standard InChI is InChI=1S/C25H34N2O3/c1-19(2)17-26-25(29)21(4)27(18-22-11-8-10-20(3)16-22)24(28)14-9-15-30-23-12-6-5-7-13-23/h5-8,10-13,16,19,21H,9,14-15,17-18H2,1-4H3,(H,26,29). The summed E-state index contributed by atoms with van der Waals surface area (Å²) in [5.41, 5.74) is 2.15. The molecule has 0 saturated carbocycles. The van der Waals surface area contributed by atoms with Crippen LogP contribution in [-0.2, 0) is 16.1 Å². The number of hydrogen-bond donors (Lipinski definition) is 1. The van der Waals surface area contributed by atoms with Gasteiger partial charge in [0.15, 0.2) is 0 Å². The van der Waals surface area contributed by atoms with E-state index in [1.165, 1.54) is 0 Å². The summed E-state index contributed by atoms with van der Waals surface area (Å²) in [6.07, 6.45) is 0.929. The normalized spacial score (nSPS) is 11.8. The summed E-state index contributed by atoms with van der Waals surface area (Å²) in [6.45, 7) is 9.39. The Morgan fingerprint density at radius 1 is 1.03 bits per heavy atom. The van der Waals surface area contributed by atoms with Crippen LogP contribution in [0.5, 0.6) is 5.75 Å². The summed E-state index contributed by atoms with van der Waals surface area (Å²) in [6, 6.07) is 17.1. The number of benzene rings is 2. The molecule has 2 amide bonds. The third kappa shape index (κ3) is 7.90. The molecule has 0 bridgehead atoms. The van der Waals surface area contributed by atoms with Crippen molar-refractivity contribution in [3.05, 3.63) is 65.7 Å². The number of amides is 2. The molecule has 0 aliphatic carbocycles. The number of nitrogens with zero attached hydrogens (tertiary/aromatic N) is 1. The van der Waals surface area contributed by atoms with E-state index in [-0.39, 0.29) is 11.8 Å². The van der Waals surface area contributed by atoms with Crippen LogP contribution in [0.4, 0.5) is 0 Å². The molecule has 0 saturated heterocycles. The molecule has 1 N–H and O–H groups in total. The van der Waals surface area contributed by atoms with Gasteiger partial charge in [-0.2, -0.15) is 0 Å². The van der Waals surface area contributed by atoms with E-state index in [2.05, 4.69) is 11.4 Å². The molecule has 5 nitrogen and oxygen atoms in total. The monoisotopic (exact) mass is 410 g/mol. The summed E-state index contributed by atoms with van der Waals surface area (Å²) < 4.78 is 5.69. The topological polar surface area (TPSA) is 58.6 Å². The summed E-state index contributed by atoms with van der Waals surface area (Å²) in [5.74, 6) is 0.991. The van der Waals surface area contributed by atoms with Crippen LogP contribution in [0.2, 0.25) is 0 Å². The zero-order valence-electron chi connectivity index (χ0n) is 18.6. The van der Waals surface area contributed by atoms with Crippen molar-refractivity contribution in [1.29, 1.82) is 0 Å². The maximum absolute atomic E-state index is 13.0. The van der Waals surface area contributed by atoms with Crippen molar-refractivity contribution in [3.63, 3.8) is 0 Å². The van der Waals surface area contributed by atoms with Crippen LogP contribution < -0.4 is 10.1 Å². The molecule has 30 heavy (non-hydrogen) atoms. The number of hydrogen-bond acceptors (Lipinski definition) is 3. The molecule has 0 spiro atoms. The molecule has 2 aromatic rings. The number of rotatable bonds is 11. The van der Waals surface area contributed by atoms with Crippen molar-refractivity contribution in [2.45, 2.75) is 53.1 Å². The fourth-order valence-corrected chi connectivity index (χ4v) is 3.12. The Kier molecular flexibility index (Phi) is 9.39. The van der Waals surface area contributed by atoms with E-state index < -0.39 is 6.04 Å². The first-order chi connectivity index (χ1) is 14.4. The fraction of sp³-hybridized carbons (Fsp3) is 0.440. The van der Waals surface area contributed by atoms with Gasteiger partial charge in [0.1, 0.15) is 11.8 Å². The molecule has 2 aromatic carbocycles. The number of carbonyl (C=O) groups is 2. The first-order valence-corrected chi connectivity index (χ1v) is 10.7. The lowest BCUT2D eigenvalue weighted by molar-refractivity contribution is -0.140. The number of aryl methyl sites for hydroxylation is 1. The van der Waals surface area contributed by atoms with Crippen molar-refractivity contribution in [2.24, 2.45) is 5.92 Å². The Morgan fingerprint density at radius 3 is 2.43 bits per heavy atom. The van der Waals surface area contributed by atoms with Gasteiger partial charge >= 0.3 is 0 Å². The second-order valence-electron chi connectivity index (χ2n) is 8.09. The minimum absolute atomic E-state index is 0.0413. The van der Waals surface area contributed by atoms with Crippen LogP contribution in [0.3, 0.4) is 0 Å². The Balaban J connectivity index is 1.99. The highest BCUT2D eigenvalue weighted by atomic mass is 16.5. The lowest BCUT2D eigenvalue weighted by Crippen LogP contribution is -2.48.